The molecular weight excluding hydrogens is 294 g/mol. The van der Waals surface area contributed by atoms with E-state index in [0.717, 1.165) is 31.6 Å². The van der Waals surface area contributed by atoms with Crippen molar-refractivity contribution in [3.8, 4) is 0 Å². The van der Waals surface area contributed by atoms with Crippen molar-refractivity contribution in [1.82, 2.24) is 15.2 Å². The number of halogens is 1. The lowest BCUT2D eigenvalue weighted by molar-refractivity contribution is -0.384. The first-order valence-corrected chi connectivity index (χ1v) is 7.10. The van der Waals surface area contributed by atoms with Crippen molar-refractivity contribution in [1.29, 1.82) is 0 Å². The Bertz CT molecular complexity index is 646. The third kappa shape index (κ3) is 2.69. The maximum Gasteiger partial charge on any atom is 0.294 e. The van der Waals surface area contributed by atoms with Gasteiger partial charge in [0.05, 0.1) is 11.0 Å². The number of nitro benzene ring substituents is 1. The SMILES string of the molecule is O=[N+]([O-])c1cc(Cl)ccc1N1CCCC[C@H]1c1ncn[nH]1. The van der Waals surface area contributed by atoms with Crippen LogP contribution in [-0.4, -0.2) is 26.6 Å². The fourth-order valence-electron chi connectivity index (χ4n) is 2.77. The maximum absolute atomic E-state index is 11.3. The minimum absolute atomic E-state index is 0.0221. The average Bonchev–Trinajstić information content (AvgIpc) is 3.01. The van der Waals surface area contributed by atoms with E-state index in [4.69, 9.17) is 11.6 Å². The Morgan fingerprint density at radius 2 is 2.29 bits per heavy atom. The molecule has 1 aromatic heterocycles. The van der Waals surface area contributed by atoms with Crippen LogP contribution in [-0.2, 0) is 0 Å². The van der Waals surface area contributed by atoms with E-state index in [2.05, 4.69) is 15.2 Å². The summed E-state index contributed by atoms with van der Waals surface area (Å²) in [7, 11) is 0. The minimum atomic E-state index is -0.396. The van der Waals surface area contributed by atoms with Crippen LogP contribution in [0.15, 0.2) is 24.5 Å². The monoisotopic (exact) mass is 307 g/mol. The molecule has 1 fully saturated rings. The van der Waals surface area contributed by atoms with Crippen LogP contribution < -0.4 is 4.90 Å². The van der Waals surface area contributed by atoms with E-state index in [0.29, 0.717) is 10.7 Å². The standard InChI is InChI=1S/C13H14ClN5O2/c14-9-4-5-10(12(7-9)19(20)21)18-6-2-1-3-11(18)13-15-8-16-17-13/h4-5,7-8,11H,1-3,6H2,(H,15,16,17)/t11-/m0/s1. The summed E-state index contributed by atoms with van der Waals surface area (Å²) in [5.74, 6) is 0.735. The molecule has 1 aromatic carbocycles. The Morgan fingerprint density at radius 1 is 1.43 bits per heavy atom. The van der Waals surface area contributed by atoms with Crippen LogP contribution in [0.25, 0.3) is 0 Å². The van der Waals surface area contributed by atoms with Gasteiger partial charge in [-0.25, -0.2) is 4.98 Å². The zero-order valence-electron chi connectivity index (χ0n) is 11.2. The van der Waals surface area contributed by atoms with E-state index in [9.17, 15) is 10.1 Å². The number of H-pyrrole nitrogens is 1. The number of anilines is 1. The number of benzene rings is 1. The van der Waals surface area contributed by atoms with Gasteiger partial charge in [0.1, 0.15) is 17.8 Å². The van der Waals surface area contributed by atoms with E-state index < -0.39 is 4.92 Å². The van der Waals surface area contributed by atoms with Gasteiger partial charge in [-0.15, -0.1) is 0 Å². The number of hydrogen-bond donors (Lipinski definition) is 1. The van der Waals surface area contributed by atoms with E-state index >= 15 is 0 Å². The number of hydrogen-bond acceptors (Lipinski definition) is 5. The van der Waals surface area contributed by atoms with Crippen molar-refractivity contribution in [2.24, 2.45) is 0 Å². The Kier molecular flexibility index (Phi) is 3.74. The first-order chi connectivity index (χ1) is 10.2. The summed E-state index contributed by atoms with van der Waals surface area (Å²) >= 11 is 5.88. The molecule has 1 N–H and O–H groups in total. The molecule has 3 rings (SSSR count). The predicted molar refractivity (Wildman–Crippen MR) is 78.4 cm³/mol. The van der Waals surface area contributed by atoms with Gasteiger partial charge in [-0.3, -0.25) is 15.2 Å². The molecule has 1 atom stereocenters. The quantitative estimate of drug-likeness (QED) is 0.695. The van der Waals surface area contributed by atoms with Crippen molar-refractivity contribution in [3.05, 3.63) is 45.5 Å². The highest BCUT2D eigenvalue weighted by Gasteiger charge is 2.30. The van der Waals surface area contributed by atoms with Gasteiger partial charge in [0.2, 0.25) is 0 Å². The third-order valence-corrected chi connectivity index (χ3v) is 3.93. The van der Waals surface area contributed by atoms with Crippen molar-refractivity contribution in [3.63, 3.8) is 0 Å². The van der Waals surface area contributed by atoms with Gasteiger partial charge in [-0.1, -0.05) is 11.6 Å². The van der Waals surface area contributed by atoms with Crippen LogP contribution in [0.1, 0.15) is 31.1 Å². The summed E-state index contributed by atoms with van der Waals surface area (Å²) in [6.07, 6.45) is 4.39. The van der Waals surface area contributed by atoms with Crippen molar-refractivity contribution in [2.75, 3.05) is 11.4 Å². The Morgan fingerprint density at radius 3 is 3.00 bits per heavy atom. The lowest BCUT2D eigenvalue weighted by Gasteiger charge is -2.35. The van der Waals surface area contributed by atoms with Crippen LogP contribution in [0.3, 0.4) is 0 Å². The molecule has 7 nitrogen and oxygen atoms in total. The average molecular weight is 308 g/mol. The maximum atomic E-state index is 11.3. The molecule has 2 heterocycles. The lowest BCUT2D eigenvalue weighted by atomic mass is 10.00. The van der Waals surface area contributed by atoms with Crippen molar-refractivity contribution >= 4 is 23.0 Å². The summed E-state index contributed by atoms with van der Waals surface area (Å²) in [6, 6.07) is 4.75. The molecule has 0 spiro atoms. The molecule has 1 saturated heterocycles. The second kappa shape index (κ2) is 5.69. The van der Waals surface area contributed by atoms with E-state index in [1.807, 2.05) is 4.90 Å². The van der Waals surface area contributed by atoms with Crippen molar-refractivity contribution < 1.29 is 4.92 Å². The predicted octanol–water partition coefficient (Wildman–Crippen LogP) is 3.10. The number of nitrogens with one attached hydrogen (secondary N) is 1. The van der Waals surface area contributed by atoms with Gasteiger partial charge in [-0.05, 0) is 31.4 Å². The number of rotatable bonds is 3. The normalized spacial score (nSPS) is 18.7. The summed E-state index contributed by atoms with van der Waals surface area (Å²) < 4.78 is 0. The second-order valence-electron chi connectivity index (χ2n) is 4.97. The number of aromatic nitrogens is 3. The van der Waals surface area contributed by atoms with E-state index in [-0.39, 0.29) is 11.7 Å². The number of nitrogens with zero attached hydrogens (tertiary/aromatic N) is 4. The molecule has 1 aliphatic rings. The van der Waals surface area contributed by atoms with Gasteiger partial charge < -0.3 is 4.90 Å². The molecule has 2 aromatic rings. The van der Waals surface area contributed by atoms with Crippen LogP contribution >= 0.6 is 11.6 Å². The van der Waals surface area contributed by atoms with Crippen LogP contribution in [0, 0.1) is 10.1 Å². The highest BCUT2D eigenvalue weighted by atomic mass is 35.5. The number of nitro groups is 1. The molecule has 8 heteroatoms. The Labute approximate surface area is 126 Å². The fraction of sp³-hybridized carbons (Fsp3) is 0.385. The molecule has 0 unspecified atom stereocenters. The van der Waals surface area contributed by atoms with E-state index in [1.165, 1.54) is 12.4 Å². The fourth-order valence-corrected chi connectivity index (χ4v) is 2.93. The summed E-state index contributed by atoms with van der Waals surface area (Å²) in [5, 5.41) is 18.4. The topological polar surface area (TPSA) is 87.9 Å². The molecule has 0 bridgehead atoms. The van der Waals surface area contributed by atoms with Gasteiger partial charge in [0, 0.05) is 17.6 Å². The number of piperidine rings is 1. The zero-order chi connectivity index (χ0) is 14.8. The van der Waals surface area contributed by atoms with Gasteiger partial charge >= 0.3 is 0 Å². The largest absolute Gasteiger partial charge is 0.356 e. The highest BCUT2D eigenvalue weighted by molar-refractivity contribution is 6.30. The smallest absolute Gasteiger partial charge is 0.294 e. The summed E-state index contributed by atoms with van der Waals surface area (Å²) in [5.41, 5.74) is 0.597. The van der Waals surface area contributed by atoms with E-state index in [1.54, 1.807) is 12.1 Å². The zero-order valence-corrected chi connectivity index (χ0v) is 12.0. The first-order valence-electron chi connectivity index (χ1n) is 6.72. The van der Waals surface area contributed by atoms with Gasteiger partial charge in [0.25, 0.3) is 5.69 Å². The van der Waals surface area contributed by atoms with Gasteiger partial charge in [0.15, 0.2) is 0 Å². The lowest BCUT2D eigenvalue weighted by Crippen LogP contribution is -2.34. The molecule has 110 valence electrons. The van der Waals surface area contributed by atoms with Gasteiger partial charge in [-0.2, -0.15) is 5.10 Å². The Hall–Kier alpha value is -2.15. The molecule has 0 saturated carbocycles. The summed E-state index contributed by atoms with van der Waals surface area (Å²) in [6.45, 7) is 0.744. The third-order valence-electron chi connectivity index (χ3n) is 3.70. The molecule has 1 aliphatic heterocycles. The Balaban J connectivity index is 2.03. The van der Waals surface area contributed by atoms with Crippen molar-refractivity contribution in [2.45, 2.75) is 25.3 Å². The molecule has 21 heavy (non-hydrogen) atoms. The molecule has 0 aliphatic carbocycles. The van der Waals surface area contributed by atoms with Crippen LogP contribution in [0.4, 0.5) is 11.4 Å². The van der Waals surface area contributed by atoms with Crippen LogP contribution in [0.5, 0.6) is 0 Å². The molecular formula is C13H14ClN5O2. The van der Waals surface area contributed by atoms with Crippen LogP contribution in [0.2, 0.25) is 5.02 Å². The number of aromatic amines is 1. The first kappa shape index (κ1) is 13.8. The second-order valence-corrected chi connectivity index (χ2v) is 5.40. The minimum Gasteiger partial charge on any atom is -0.356 e. The highest BCUT2D eigenvalue weighted by Crippen LogP contribution is 2.39. The summed E-state index contributed by atoms with van der Waals surface area (Å²) in [4.78, 5) is 17.1. The molecule has 0 amide bonds. The molecule has 0 radical (unpaired) electrons.